The molecule has 2 aliphatic rings. The molecule has 0 spiro atoms. The van der Waals surface area contributed by atoms with Crippen LogP contribution in [-0.4, -0.2) is 21.9 Å². The van der Waals surface area contributed by atoms with Crippen molar-refractivity contribution >= 4 is 11.8 Å². The van der Waals surface area contributed by atoms with Crippen molar-refractivity contribution in [2.24, 2.45) is 0 Å². The number of aromatic nitrogens is 2. The molecule has 0 amide bonds. The van der Waals surface area contributed by atoms with Gasteiger partial charge in [0.05, 0.1) is 11.6 Å². The molecule has 5 nitrogen and oxygen atoms in total. The Morgan fingerprint density at radius 3 is 2.68 bits per heavy atom. The fraction of sp³-hybridized carbons (Fsp3) is 0.400. The minimum atomic E-state index is -4.49. The normalized spacial score (nSPS) is 19.7. The highest BCUT2D eigenvalue weighted by atomic mass is 19.4. The third-order valence-electron chi connectivity index (χ3n) is 5.10. The second-order valence-corrected chi connectivity index (χ2v) is 7.18. The number of benzene rings is 1. The average molecular weight is 391 g/mol. The third-order valence-corrected chi connectivity index (χ3v) is 5.10. The van der Waals surface area contributed by atoms with Gasteiger partial charge in [-0.2, -0.15) is 18.3 Å². The molecule has 1 aliphatic heterocycles. The maximum atomic E-state index is 13.5. The summed E-state index contributed by atoms with van der Waals surface area (Å²) >= 11 is 0. The Labute approximate surface area is 160 Å². The van der Waals surface area contributed by atoms with Crippen molar-refractivity contribution in [3.05, 3.63) is 58.9 Å². The molecule has 4 rings (SSSR count). The molecule has 1 aromatic carbocycles. The summed E-state index contributed by atoms with van der Waals surface area (Å²) in [5, 5.41) is 7.34. The molecule has 148 valence electrons. The van der Waals surface area contributed by atoms with E-state index in [-0.39, 0.29) is 17.4 Å². The molecule has 0 saturated heterocycles. The standard InChI is InChI=1S/C20H20F3N3O2/c1-12-10-17(14-8-4-5-9-15(14)20(21,22)23)26-18(24-12)11-16(25-26)19(27)28-13-6-2-3-7-13/h4-5,8-11,13,17,24H,2-3,6-7H2,1H3. The largest absolute Gasteiger partial charge is 0.458 e. The summed E-state index contributed by atoms with van der Waals surface area (Å²) in [7, 11) is 0. The number of anilines is 1. The number of hydrogen-bond donors (Lipinski definition) is 1. The van der Waals surface area contributed by atoms with Crippen molar-refractivity contribution in [3.63, 3.8) is 0 Å². The number of rotatable bonds is 3. The Morgan fingerprint density at radius 1 is 1.25 bits per heavy atom. The highest BCUT2D eigenvalue weighted by molar-refractivity contribution is 5.88. The number of fused-ring (bicyclic) bond motifs is 1. The SMILES string of the molecule is CC1=CC(c2ccccc2C(F)(F)F)n2nc(C(=O)OC3CCCC3)cc2N1. The summed E-state index contributed by atoms with van der Waals surface area (Å²) in [5.41, 5.74) is 0.135. The number of carbonyl (C=O) groups is 1. The summed E-state index contributed by atoms with van der Waals surface area (Å²) < 4.78 is 47.4. The van der Waals surface area contributed by atoms with Crippen LogP contribution in [-0.2, 0) is 10.9 Å². The number of esters is 1. The summed E-state index contributed by atoms with van der Waals surface area (Å²) in [6, 6.07) is 6.16. The van der Waals surface area contributed by atoms with E-state index in [4.69, 9.17) is 4.74 Å². The van der Waals surface area contributed by atoms with Gasteiger partial charge in [0.2, 0.25) is 0 Å². The second-order valence-electron chi connectivity index (χ2n) is 7.18. The van der Waals surface area contributed by atoms with Crippen LogP contribution in [0.25, 0.3) is 0 Å². The number of carbonyl (C=O) groups excluding carboxylic acids is 1. The Hall–Kier alpha value is -2.77. The van der Waals surface area contributed by atoms with Gasteiger partial charge in [0.15, 0.2) is 5.69 Å². The number of allylic oxidation sites excluding steroid dienone is 2. The van der Waals surface area contributed by atoms with E-state index in [0.717, 1.165) is 31.7 Å². The molecule has 1 aromatic heterocycles. The van der Waals surface area contributed by atoms with Gasteiger partial charge in [-0.3, -0.25) is 0 Å². The molecule has 1 aliphatic carbocycles. The van der Waals surface area contributed by atoms with E-state index < -0.39 is 23.8 Å². The average Bonchev–Trinajstić information content (AvgIpc) is 3.29. The van der Waals surface area contributed by atoms with Gasteiger partial charge in [-0.05, 0) is 50.3 Å². The molecule has 1 saturated carbocycles. The van der Waals surface area contributed by atoms with Gasteiger partial charge in [0.25, 0.3) is 0 Å². The maximum Gasteiger partial charge on any atom is 0.416 e. The zero-order valence-corrected chi connectivity index (χ0v) is 15.3. The number of hydrogen-bond acceptors (Lipinski definition) is 4. The lowest BCUT2D eigenvalue weighted by atomic mass is 9.98. The Bertz CT molecular complexity index is 927. The molecule has 1 atom stereocenters. The molecule has 1 fully saturated rings. The van der Waals surface area contributed by atoms with Crippen molar-refractivity contribution in [1.82, 2.24) is 9.78 Å². The van der Waals surface area contributed by atoms with Crippen LogP contribution < -0.4 is 5.32 Å². The highest BCUT2D eigenvalue weighted by Crippen LogP contribution is 2.39. The molecule has 8 heteroatoms. The molecule has 1 unspecified atom stereocenters. The van der Waals surface area contributed by atoms with Crippen molar-refractivity contribution in [1.29, 1.82) is 0 Å². The number of alkyl halides is 3. The lowest BCUT2D eigenvalue weighted by Gasteiger charge is -2.26. The van der Waals surface area contributed by atoms with Crippen LogP contribution in [0.15, 0.2) is 42.1 Å². The number of halogens is 3. The summed E-state index contributed by atoms with van der Waals surface area (Å²) in [5.74, 6) is -0.0866. The van der Waals surface area contributed by atoms with Crippen LogP contribution in [0.4, 0.5) is 19.0 Å². The summed E-state index contributed by atoms with van der Waals surface area (Å²) in [6.07, 6.45) is 0.787. The van der Waals surface area contributed by atoms with Crippen LogP contribution >= 0.6 is 0 Å². The highest BCUT2D eigenvalue weighted by Gasteiger charge is 2.36. The predicted octanol–water partition coefficient (Wildman–Crippen LogP) is 4.92. The molecule has 0 bridgehead atoms. The van der Waals surface area contributed by atoms with E-state index >= 15 is 0 Å². The Morgan fingerprint density at radius 2 is 1.96 bits per heavy atom. The maximum absolute atomic E-state index is 13.5. The van der Waals surface area contributed by atoms with E-state index in [1.165, 1.54) is 22.9 Å². The first-order valence-corrected chi connectivity index (χ1v) is 9.25. The molecule has 2 heterocycles. The zero-order valence-electron chi connectivity index (χ0n) is 15.3. The minimum absolute atomic E-state index is 0.0795. The van der Waals surface area contributed by atoms with Crippen molar-refractivity contribution in [2.75, 3.05) is 5.32 Å². The van der Waals surface area contributed by atoms with Crippen molar-refractivity contribution in [2.45, 2.75) is 50.9 Å². The first-order valence-electron chi connectivity index (χ1n) is 9.25. The zero-order chi connectivity index (χ0) is 19.9. The van der Waals surface area contributed by atoms with Gasteiger partial charge in [0, 0.05) is 11.8 Å². The quantitative estimate of drug-likeness (QED) is 0.755. The number of ether oxygens (including phenoxy) is 1. The first-order chi connectivity index (χ1) is 13.3. The fourth-order valence-corrected chi connectivity index (χ4v) is 3.80. The smallest absolute Gasteiger partial charge is 0.416 e. The summed E-state index contributed by atoms with van der Waals surface area (Å²) in [6.45, 7) is 1.76. The van der Waals surface area contributed by atoms with Gasteiger partial charge >= 0.3 is 12.1 Å². The van der Waals surface area contributed by atoms with Gasteiger partial charge in [0.1, 0.15) is 11.9 Å². The van der Waals surface area contributed by atoms with Crippen LogP contribution in [0.5, 0.6) is 0 Å². The number of nitrogens with zero attached hydrogens (tertiary/aromatic N) is 2. The van der Waals surface area contributed by atoms with Gasteiger partial charge in [-0.25, -0.2) is 9.48 Å². The summed E-state index contributed by atoms with van der Waals surface area (Å²) in [4.78, 5) is 12.4. The molecule has 28 heavy (non-hydrogen) atoms. The Kier molecular flexibility index (Phi) is 4.64. The van der Waals surface area contributed by atoms with Gasteiger partial charge in [-0.15, -0.1) is 0 Å². The number of nitrogens with one attached hydrogen (secondary N) is 1. The third kappa shape index (κ3) is 3.50. The van der Waals surface area contributed by atoms with E-state index in [1.54, 1.807) is 19.1 Å². The van der Waals surface area contributed by atoms with Gasteiger partial charge < -0.3 is 10.1 Å². The van der Waals surface area contributed by atoms with E-state index in [2.05, 4.69) is 10.4 Å². The molecular weight excluding hydrogens is 371 g/mol. The predicted molar refractivity (Wildman–Crippen MR) is 96.9 cm³/mol. The van der Waals surface area contributed by atoms with E-state index in [0.29, 0.717) is 11.5 Å². The molecule has 0 radical (unpaired) electrons. The fourth-order valence-electron chi connectivity index (χ4n) is 3.80. The first kappa shape index (κ1) is 18.6. The molecule has 1 N–H and O–H groups in total. The lowest BCUT2D eigenvalue weighted by Crippen LogP contribution is -2.22. The Balaban J connectivity index is 1.69. The van der Waals surface area contributed by atoms with E-state index in [9.17, 15) is 18.0 Å². The van der Waals surface area contributed by atoms with Crippen molar-refractivity contribution in [3.8, 4) is 0 Å². The van der Waals surface area contributed by atoms with Crippen LogP contribution in [0.1, 0.15) is 60.3 Å². The monoisotopic (exact) mass is 391 g/mol. The van der Waals surface area contributed by atoms with Crippen LogP contribution in [0, 0.1) is 0 Å². The van der Waals surface area contributed by atoms with Gasteiger partial charge in [-0.1, -0.05) is 18.2 Å². The van der Waals surface area contributed by atoms with Crippen LogP contribution in [0.3, 0.4) is 0 Å². The van der Waals surface area contributed by atoms with Crippen molar-refractivity contribution < 1.29 is 22.7 Å². The molecule has 2 aromatic rings. The van der Waals surface area contributed by atoms with Crippen LogP contribution in [0.2, 0.25) is 0 Å². The second kappa shape index (κ2) is 7.00. The topological polar surface area (TPSA) is 56.2 Å². The van der Waals surface area contributed by atoms with E-state index in [1.807, 2.05) is 0 Å². The molecular formula is C20H20F3N3O2. The minimum Gasteiger partial charge on any atom is -0.458 e. The lowest BCUT2D eigenvalue weighted by molar-refractivity contribution is -0.138.